The van der Waals surface area contributed by atoms with Crippen LogP contribution in [0.25, 0.3) is 22.2 Å². The molecule has 1 N–H and O–H groups in total. The minimum Gasteiger partial charge on any atom is -0.454 e. The highest BCUT2D eigenvalue weighted by Crippen LogP contribution is 2.30. The van der Waals surface area contributed by atoms with E-state index >= 15 is 0 Å². The molecule has 0 saturated carbocycles. The molecule has 0 aliphatic heterocycles. The number of esters is 1. The van der Waals surface area contributed by atoms with E-state index < -0.39 is 5.97 Å². The molecule has 0 spiro atoms. The summed E-state index contributed by atoms with van der Waals surface area (Å²) in [5.41, 5.74) is 3.07. The minimum atomic E-state index is -0.521. The second-order valence-electron chi connectivity index (χ2n) is 5.32. The SMILES string of the molecule is CC=CC(=O)OCC(=O)c1c(-c2ccccc2)[nH]c2ccccc12. The second-order valence-corrected chi connectivity index (χ2v) is 5.32. The number of allylic oxidation sites excluding steroid dienone is 1. The summed E-state index contributed by atoms with van der Waals surface area (Å²) >= 11 is 0. The van der Waals surface area contributed by atoms with Gasteiger partial charge in [0.1, 0.15) is 0 Å². The number of para-hydroxylation sites is 1. The van der Waals surface area contributed by atoms with Crippen molar-refractivity contribution in [2.45, 2.75) is 6.92 Å². The van der Waals surface area contributed by atoms with E-state index in [-0.39, 0.29) is 12.4 Å². The zero-order chi connectivity index (χ0) is 16.9. The van der Waals surface area contributed by atoms with E-state index in [1.807, 2.05) is 54.6 Å². The van der Waals surface area contributed by atoms with Gasteiger partial charge in [0.2, 0.25) is 5.78 Å². The normalized spacial score (nSPS) is 11.0. The first-order valence-corrected chi connectivity index (χ1v) is 7.69. The van der Waals surface area contributed by atoms with Gasteiger partial charge in [-0.3, -0.25) is 4.79 Å². The van der Waals surface area contributed by atoms with Gasteiger partial charge in [-0.15, -0.1) is 0 Å². The fourth-order valence-electron chi connectivity index (χ4n) is 2.65. The topological polar surface area (TPSA) is 59.2 Å². The molecule has 120 valence electrons. The molecule has 1 heterocycles. The van der Waals surface area contributed by atoms with Crippen molar-refractivity contribution in [1.29, 1.82) is 0 Å². The fraction of sp³-hybridized carbons (Fsp3) is 0.100. The number of carbonyl (C=O) groups excluding carboxylic acids is 2. The van der Waals surface area contributed by atoms with Crippen LogP contribution in [-0.4, -0.2) is 23.3 Å². The van der Waals surface area contributed by atoms with Gasteiger partial charge in [0, 0.05) is 17.0 Å². The average molecular weight is 319 g/mol. The first-order valence-electron chi connectivity index (χ1n) is 7.69. The van der Waals surface area contributed by atoms with E-state index in [1.165, 1.54) is 6.08 Å². The Bertz CT molecular complexity index is 907. The van der Waals surface area contributed by atoms with Crippen LogP contribution in [0.2, 0.25) is 0 Å². The van der Waals surface area contributed by atoms with Crippen molar-refractivity contribution in [1.82, 2.24) is 4.98 Å². The molecule has 4 heteroatoms. The zero-order valence-corrected chi connectivity index (χ0v) is 13.3. The molecule has 0 saturated heterocycles. The Morgan fingerprint density at radius 3 is 2.50 bits per heavy atom. The Labute approximate surface area is 139 Å². The van der Waals surface area contributed by atoms with E-state index in [0.717, 1.165) is 22.2 Å². The summed E-state index contributed by atoms with van der Waals surface area (Å²) in [6, 6.07) is 17.2. The third-order valence-electron chi connectivity index (χ3n) is 3.70. The third-order valence-corrected chi connectivity index (χ3v) is 3.70. The number of nitrogens with one attached hydrogen (secondary N) is 1. The molecule has 2 aromatic carbocycles. The minimum absolute atomic E-state index is 0.232. The maximum absolute atomic E-state index is 12.7. The lowest BCUT2D eigenvalue weighted by Crippen LogP contribution is -2.13. The number of rotatable bonds is 5. The van der Waals surface area contributed by atoms with Crippen molar-refractivity contribution in [2.75, 3.05) is 6.61 Å². The monoisotopic (exact) mass is 319 g/mol. The van der Waals surface area contributed by atoms with Crippen molar-refractivity contribution in [3.05, 3.63) is 72.3 Å². The van der Waals surface area contributed by atoms with Crippen LogP contribution in [0.3, 0.4) is 0 Å². The number of ketones is 1. The molecule has 3 rings (SSSR count). The van der Waals surface area contributed by atoms with Crippen molar-refractivity contribution in [2.24, 2.45) is 0 Å². The number of benzene rings is 2. The Morgan fingerprint density at radius 2 is 1.75 bits per heavy atom. The van der Waals surface area contributed by atoms with Gasteiger partial charge in [-0.25, -0.2) is 4.79 Å². The Morgan fingerprint density at radius 1 is 1.04 bits per heavy atom. The maximum Gasteiger partial charge on any atom is 0.330 e. The summed E-state index contributed by atoms with van der Waals surface area (Å²) in [5, 5.41) is 0.823. The van der Waals surface area contributed by atoms with E-state index in [9.17, 15) is 9.59 Å². The molecule has 0 aliphatic carbocycles. The summed E-state index contributed by atoms with van der Waals surface area (Å²) in [5.74, 6) is -0.754. The van der Waals surface area contributed by atoms with Gasteiger partial charge in [-0.1, -0.05) is 54.6 Å². The fourth-order valence-corrected chi connectivity index (χ4v) is 2.65. The number of hydrogen-bond donors (Lipinski definition) is 1. The second kappa shape index (κ2) is 6.96. The van der Waals surface area contributed by atoms with E-state index in [0.29, 0.717) is 5.56 Å². The number of H-pyrrole nitrogens is 1. The molecule has 0 amide bonds. The molecule has 1 aromatic heterocycles. The summed E-state index contributed by atoms with van der Waals surface area (Å²) in [6.45, 7) is 1.43. The largest absolute Gasteiger partial charge is 0.454 e. The third kappa shape index (κ3) is 3.13. The lowest BCUT2D eigenvalue weighted by Gasteiger charge is -2.05. The molecule has 0 unspecified atom stereocenters. The highest BCUT2D eigenvalue weighted by Gasteiger charge is 2.20. The Balaban J connectivity index is 2.02. The van der Waals surface area contributed by atoms with Gasteiger partial charge in [-0.2, -0.15) is 0 Å². The van der Waals surface area contributed by atoms with E-state index in [4.69, 9.17) is 4.74 Å². The molecule has 0 atom stereocenters. The number of aromatic amines is 1. The molecule has 0 radical (unpaired) electrons. The zero-order valence-electron chi connectivity index (χ0n) is 13.3. The van der Waals surface area contributed by atoms with E-state index in [1.54, 1.807) is 13.0 Å². The number of aromatic nitrogens is 1. The van der Waals surface area contributed by atoms with Crippen molar-refractivity contribution >= 4 is 22.7 Å². The Kier molecular flexibility index (Phi) is 4.57. The molecular weight excluding hydrogens is 302 g/mol. The van der Waals surface area contributed by atoms with Crippen LogP contribution >= 0.6 is 0 Å². The average Bonchev–Trinajstić information content (AvgIpc) is 3.00. The summed E-state index contributed by atoms with van der Waals surface area (Å²) < 4.78 is 5.02. The molecule has 0 fully saturated rings. The van der Waals surface area contributed by atoms with Crippen LogP contribution in [0.5, 0.6) is 0 Å². The quantitative estimate of drug-likeness (QED) is 0.437. The van der Waals surface area contributed by atoms with E-state index in [2.05, 4.69) is 4.98 Å². The van der Waals surface area contributed by atoms with Crippen LogP contribution in [0, 0.1) is 0 Å². The predicted octanol–water partition coefficient (Wildman–Crippen LogP) is 4.14. The highest BCUT2D eigenvalue weighted by atomic mass is 16.5. The molecule has 0 bridgehead atoms. The standard InChI is InChI=1S/C20H17NO3/c1-2-8-18(23)24-13-17(22)19-15-11-6-7-12-16(15)21-20(19)14-9-4-3-5-10-14/h2-12,21H,13H2,1H3. The number of ether oxygens (including phenoxy) is 1. The predicted molar refractivity (Wildman–Crippen MR) is 93.8 cm³/mol. The maximum atomic E-state index is 12.7. The smallest absolute Gasteiger partial charge is 0.330 e. The van der Waals surface area contributed by atoms with Gasteiger partial charge in [-0.05, 0) is 18.6 Å². The number of fused-ring (bicyclic) bond motifs is 1. The van der Waals surface area contributed by atoms with Gasteiger partial charge in [0.05, 0.1) is 11.3 Å². The van der Waals surface area contributed by atoms with Gasteiger partial charge >= 0.3 is 5.97 Å². The Hall–Kier alpha value is -3.14. The lowest BCUT2D eigenvalue weighted by molar-refractivity contribution is -0.136. The van der Waals surface area contributed by atoms with Crippen LogP contribution in [0.1, 0.15) is 17.3 Å². The number of Topliss-reactive ketones (excluding diaryl/α,β-unsaturated/α-hetero) is 1. The first-order chi connectivity index (χ1) is 11.7. The molecule has 3 aromatic rings. The van der Waals surface area contributed by atoms with Gasteiger partial charge < -0.3 is 9.72 Å². The van der Waals surface area contributed by atoms with Crippen molar-refractivity contribution in [3.63, 3.8) is 0 Å². The van der Waals surface area contributed by atoms with Gasteiger partial charge in [0.15, 0.2) is 6.61 Å². The number of hydrogen-bond acceptors (Lipinski definition) is 3. The molecule has 4 nitrogen and oxygen atoms in total. The van der Waals surface area contributed by atoms with Crippen molar-refractivity contribution in [3.8, 4) is 11.3 Å². The molecular formula is C20H17NO3. The number of carbonyl (C=O) groups is 2. The first kappa shape index (κ1) is 15.7. The summed E-state index contributed by atoms with van der Waals surface area (Å²) in [4.78, 5) is 27.5. The van der Waals surface area contributed by atoms with Crippen LogP contribution in [-0.2, 0) is 9.53 Å². The highest BCUT2D eigenvalue weighted by molar-refractivity contribution is 6.14. The van der Waals surface area contributed by atoms with Gasteiger partial charge in [0.25, 0.3) is 0 Å². The lowest BCUT2D eigenvalue weighted by atomic mass is 10.0. The summed E-state index contributed by atoms with van der Waals surface area (Å²) in [6.07, 6.45) is 2.87. The molecule has 0 aliphatic rings. The van der Waals surface area contributed by atoms with Crippen molar-refractivity contribution < 1.29 is 14.3 Å². The van der Waals surface area contributed by atoms with Crippen LogP contribution < -0.4 is 0 Å². The molecule has 24 heavy (non-hydrogen) atoms. The summed E-state index contributed by atoms with van der Waals surface area (Å²) in [7, 11) is 0. The van der Waals surface area contributed by atoms with Crippen LogP contribution in [0.15, 0.2) is 66.7 Å². The van der Waals surface area contributed by atoms with Crippen LogP contribution in [0.4, 0.5) is 0 Å².